The average Bonchev–Trinajstić information content (AvgIpc) is 3.83. The van der Waals surface area contributed by atoms with Crippen molar-refractivity contribution < 1.29 is 0 Å². The van der Waals surface area contributed by atoms with Crippen LogP contribution in [0.15, 0.2) is 164 Å². The zero-order valence-corrected chi connectivity index (χ0v) is 33.4. The van der Waals surface area contributed by atoms with Gasteiger partial charge in [0, 0.05) is 38.4 Å². The van der Waals surface area contributed by atoms with Crippen molar-refractivity contribution in [2.75, 3.05) is 0 Å². The van der Waals surface area contributed by atoms with Gasteiger partial charge in [0.25, 0.3) is 0 Å². The van der Waals surface area contributed by atoms with E-state index in [-0.39, 0.29) is 10.8 Å². The molecule has 0 amide bonds. The Morgan fingerprint density at radius 1 is 0.414 bits per heavy atom. The molecule has 0 bridgehead atoms. The fourth-order valence-corrected chi connectivity index (χ4v) is 9.86. The molecule has 58 heavy (non-hydrogen) atoms. The van der Waals surface area contributed by atoms with E-state index in [9.17, 15) is 0 Å². The Kier molecular flexibility index (Phi) is 7.46. The van der Waals surface area contributed by atoms with Gasteiger partial charge < -0.3 is 4.57 Å². The molecular weight excluding hydrogens is 707 g/mol. The number of rotatable bonds is 5. The molecule has 0 radical (unpaired) electrons. The molecule has 0 saturated heterocycles. The minimum atomic E-state index is 0.101. The third-order valence-corrected chi connectivity index (χ3v) is 13.4. The molecule has 1 aliphatic rings. The Morgan fingerprint density at radius 2 is 0.897 bits per heavy atom. The van der Waals surface area contributed by atoms with Gasteiger partial charge in [-0.3, -0.25) is 4.57 Å². The van der Waals surface area contributed by atoms with Crippen LogP contribution in [0.2, 0.25) is 0 Å². The van der Waals surface area contributed by atoms with Crippen LogP contribution >= 0.6 is 0 Å². The molecule has 0 saturated carbocycles. The summed E-state index contributed by atoms with van der Waals surface area (Å²) < 4.78 is 4.69. The molecule has 0 N–H and O–H groups in total. The van der Waals surface area contributed by atoms with Gasteiger partial charge in [-0.25, -0.2) is 4.98 Å². The summed E-state index contributed by atoms with van der Waals surface area (Å²) in [6.45, 7) is 12.0. The van der Waals surface area contributed by atoms with E-state index in [0.29, 0.717) is 23.5 Å². The van der Waals surface area contributed by atoms with Crippen molar-refractivity contribution in [2.24, 2.45) is 5.92 Å². The van der Waals surface area contributed by atoms with Crippen LogP contribution in [0.4, 0.5) is 0 Å². The van der Waals surface area contributed by atoms with Crippen LogP contribution in [0.25, 0.3) is 89.2 Å². The standard InChI is InChI=1S/C53H43N5/c1-33-52(2,3)43-31-26-37(32-44(43)53(33,4)5)34-24-27-38(28-25-34)57-45-22-14-12-20-39(45)41-29-30-42-40-21-13-15-23-46(40)58(48(42)47(41)57)51-55-49(35-16-8-6-9-17-35)54-50(56-51)36-18-10-7-11-19-36/h6-33H,1-5H3. The number of hydrogen-bond acceptors (Lipinski definition) is 3. The largest absolute Gasteiger partial charge is 0.307 e. The predicted octanol–water partition coefficient (Wildman–Crippen LogP) is 13.3. The molecule has 11 rings (SSSR count). The summed E-state index contributed by atoms with van der Waals surface area (Å²) in [6, 6.07) is 58.6. The van der Waals surface area contributed by atoms with Gasteiger partial charge in [-0.15, -0.1) is 0 Å². The molecule has 5 heteroatoms. The lowest BCUT2D eigenvalue weighted by molar-refractivity contribution is 0.264. The maximum Gasteiger partial charge on any atom is 0.238 e. The van der Waals surface area contributed by atoms with E-state index in [1.165, 1.54) is 33.0 Å². The highest BCUT2D eigenvalue weighted by atomic mass is 15.2. The number of fused-ring (bicyclic) bond motifs is 8. The molecule has 0 fully saturated rings. The third-order valence-electron chi connectivity index (χ3n) is 13.4. The molecule has 280 valence electrons. The zero-order valence-electron chi connectivity index (χ0n) is 33.4. The van der Waals surface area contributed by atoms with E-state index < -0.39 is 0 Å². The van der Waals surface area contributed by atoms with E-state index in [1.54, 1.807) is 0 Å². The van der Waals surface area contributed by atoms with E-state index >= 15 is 0 Å². The molecule has 1 atom stereocenters. The Morgan fingerprint density at radius 3 is 1.48 bits per heavy atom. The summed E-state index contributed by atoms with van der Waals surface area (Å²) >= 11 is 0. The number of benzene rings is 7. The van der Waals surface area contributed by atoms with E-state index in [2.05, 4.69) is 171 Å². The van der Waals surface area contributed by atoms with Gasteiger partial charge in [0.1, 0.15) is 0 Å². The number of nitrogens with zero attached hydrogens (tertiary/aromatic N) is 5. The highest BCUT2D eigenvalue weighted by Gasteiger charge is 2.48. The maximum absolute atomic E-state index is 5.26. The molecule has 5 nitrogen and oxygen atoms in total. The van der Waals surface area contributed by atoms with Crippen LogP contribution < -0.4 is 0 Å². The van der Waals surface area contributed by atoms with Crippen molar-refractivity contribution in [3.05, 3.63) is 175 Å². The minimum Gasteiger partial charge on any atom is -0.307 e. The first-order valence-corrected chi connectivity index (χ1v) is 20.3. The van der Waals surface area contributed by atoms with Gasteiger partial charge in [0.15, 0.2) is 11.6 Å². The Bertz CT molecular complexity index is 3170. The lowest BCUT2D eigenvalue weighted by Gasteiger charge is -2.32. The molecule has 0 spiro atoms. The fourth-order valence-electron chi connectivity index (χ4n) is 9.86. The molecule has 7 aromatic carbocycles. The van der Waals surface area contributed by atoms with Crippen LogP contribution in [-0.4, -0.2) is 24.1 Å². The first-order valence-electron chi connectivity index (χ1n) is 20.3. The van der Waals surface area contributed by atoms with Crippen LogP contribution in [0.5, 0.6) is 0 Å². The predicted molar refractivity (Wildman–Crippen MR) is 240 cm³/mol. The topological polar surface area (TPSA) is 48.5 Å². The second-order valence-electron chi connectivity index (χ2n) is 17.0. The minimum absolute atomic E-state index is 0.101. The molecule has 0 aliphatic heterocycles. The van der Waals surface area contributed by atoms with E-state index in [0.717, 1.165) is 49.7 Å². The van der Waals surface area contributed by atoms with Crippen molar-refractivity contribution in [2.45, 2.75) is 45.4 Å². The second kappa shape index (κ2) is 12.6. The van der Waals surface area contributed by atoms with Crippen LogP contribution in [0, 0.1) is 5.92 Å². The number of hydrogen-bond donors (Lipinski definition) is 0. The summed E-state index contributed by atoms with van der Waals surface area (Å²) in [4.78, 5) is 15.6. The molecule has 1 unspecified atom stereocenters. The highest BCUT2D eigenvalue weighted by Crippen LogP contribution is 2.54. The van der Waals surface area contributed by atoms with Crippen LogP contribution in [0.3, 0.4) is 0 Å². The fraction of sp³-hybridized carbons (Fsp3) is 0.151. The van der Waals surface area contributed by atoms with Gasteiger partial charge in [0.2, 0.25) is 5.95 Å². The molecule has 1 aliphatic carbocycles. The highest BCUT2D eigenvalue weighted by molar-refractivity contribution is 6.23. The lowest BCUT2D eigenvalue weighted by Crippen LogP contribution is -2.30. The second-order valence-corrected chi connectivity index (χ2v) is 17.0. The summed E-state index contributed by atoms with van der Waals surface area (Å²) in [7, 11) is 0. The SMILES string of the molecule is CC1C(C)(C)c2ccc(-c3ccc(-n4c5ccccc5c5ccc6c7ccccc7n(-c7nc(-c8ccccc8)nc(-c8ccccc8)n7)c6c54)cc3)cc2C1(C)C. The first-order chi connectivity index (χ1) is 28.2. The van der Waals surface area contributed by atoms with Gasteiger partial charge in [-0.2, -0.15) is 9.97 Å². The van der Waals surface area contributed by atoms with Crippen LogP contribution in [0.1, 0.15) is 45.7 Å². The maximum atomic E-state index is 5.26. The first kappa shape index (κ1) is 34.4. The Hall–Kier alpha value is -6.85. The molecule has 3 aromatic heterocycles. The summed E-state index contributed by atoms with van der Waals surface area (Å²) in [5.74, 6) is 2.39. The summed E-state index contributed by atoms with van der Waals surface area (Å²) in [6.07, 6.45) is 0. The zero-order chi connectivity index (χ0) is 39.3. The number of para-hydroxylation sites is 2. The van der Waals surface area contributed by atoms with Crippen LogP contribution in [-0.2, 0) is 10.8 Å². The smallest absolute Gasteiger partial charge is 0.238 e. The Balaban J connectivity index is 1.17. The van der Waals surface area contributed by atoms with Crippen molar-refractivity contribution in [1.82, 2.24) is 24.1 Å². The monoisotopic (exact) mass is 749 g/mol. The van der Waals surface area contributed by atoms with Gasteiger partial charge in [-0.05, 0) is 63.3 Å². The molecule has 3 heterocycles. The van der Waals surface area contributed by atoms with E-state index in [1.807, 2.05) is 36.4 Å². The quantitative estimate of drug-likeness (QED) is 0.176. The van der Waals surface area contributed by atoms with E-state index in [4.69, 9.17) is 15.0 Å². The summed E-state index contributed by atoms with van der Waals surface area (Å²) in [5, 5.41) is 4.66. The summed E-state index contributed by atoms with van der Waals surface area (Å²) in [5.41, 5.74) is 13.0. The average molecular weight is 750 g/mol. The molecular formula is C53H43N5. The van der Waals surface area contributed by atoms with Crippen molar-refractivity contribution in [3.8, 4) is 45.5 Å². The van der Waals surface area contributed by atoms with Gasteiger partial charge in [-0.1, -0.05) is 174 Å². The van der Waals surface area contributed by atoms with Gasteiger partial charge >= 0.3 is 0 Å². The van der Waals surface area contributed by atoms with Crippen molar-refractivity contribution >= 4 is 43.6 Å². The normalized spacial score (nSPS) is 15.8. The third kappa shape index (κ3) is 4.99. The Labute approximate surface area is 338 Å². The lowest BCUT2D eigenvalue weighted by atomic mass is 9.71. The number of aromatic nitrogens is 5. The van der Waals surface area contributed by atoms with Gasteiger partial charge in [0.05, 0.1) is 22.1 Å². The molecule has 10 aromatic rings. The van der Waals surface area contributed by atoms with Crippen molar-refractivity contribution in [1.29, 1.82) is 0 Å². The van der Waals surface area contributed by atoms with Crippen molar-refractivity contribution in [3.63, 3.8) is 0 Å².